The molecule has 0 bridgehead atoms. The van der Waals surface area contributed by atoms with Crippen LogP contribution in [0.5, 0.6) is 11.5 Å². The molecule has 31 heavy (non-hydrogen) atoms. The molecule has 6 nitrogen and oxygen atoms in total. The van der Waals surface area contributed by atoms with Crippen LogP contribution >= 0.6 is 0 Å². The van der Waals surface area contributed by atoms with Crippen molar-refractivity contribution >= 4 is 41.8 Å². The Morgan fingerprint density at radius 1 is 0.613 bits per heavy atom. The van der Waals surface area contributed by atoms with Gasteiger partial charge in [0.15, 0.2) is 0 Å². The number of hydrogen-bond donors (Lipinski definition) is 0. The Bertz CT molecular complexity index is 1370. The predicted molar refractivity (Wildman–Crippen MR) is 121 cm³/mol. The number of benzene rings is 4. The quantitative estimate of drug-likeness (QED) is 0.299. The van der Waals surface area contributed by atoms with Crippen molar-refractivity contribution in [1.29, 1.82) is 0 Å². The summed E-state index contributed by atoms with van der Waals surface area (Å²) in [5, 5.41) is 2.56. The van der Waals surface area contributed by atoms with Crippen molar-refractivity contribution in [1.82, 2.24) is 0 Å². The van der Waals surface area contributed by atoms with E-state index in [1.54, 1.807) is 72.8 Å². The van der Waals surface area contributed by atoms with Gasteiger partial charge >= 0.3 is 20.2 Å². The van der Waals surface area contributed by atoms with Crippen molar-refractivity contribution in [2.75, 3.05) is 0 Å². The third-order valence-corrected chi connectivity index (χ3v) is 8.43. The van der Waals surface area contributed by atoms with Gasteiger partial charge < -0.3 is 8.37 Å². The van der Waals surface area contributed by atoms with Crippen LogP contribution in [0, 0.1) is 0 Å². The zero-order chi connectivity index (χ0) is 22.1. The highest BCUT2D eigenvalue weighted by molar-refractivity contribution is 8.05. The van der Waals surface area contributed by atoms with E-state index in [1.165, 1.54) is 12.1 Å². The third kappa shape index (κ3) is 4.12. The molecule has 4 aromatic carbocycles. The predicted octanol–water partition coefficient (Wildman–Crippen LogP) is 4.62. The van der Waals surface area contributed by atoms with Gasteiger partial charge in [-0.15, -0.1) is 6.58 Å². The van der Waals surface area contributed by atoms with Crippen LogP contribution in [-0.2, 0) is 20.2 Å². The van der Waals surface area contributed by atoms with E-state index in [-0.39, 0.29) is 11.5 Å². The maximum atomic E-state index is 12.9. The smallest absolute Gasteiger partial charge is 0.334 e. The second-order valence-corrected chi connectivity index (χ2v) is 10.3. The van der Waals surface area contributed by atoms with E-state index in [9.17, 15) is 16.8 Å². The summed E-state index contributed by atoms with van der Waals surface area (Å²) in [6.07, 6.45) is 0.779. The van der Waals surface area contributed by atoms with Gasteiger partial charge in [-0.25, -0.2) is 0 Å². The fourth-order valence-corrected chi connectivity index (χ4v) is 6.10. The lowest BCUT2D eigenvalue weighted by molar-refractivity contribution is 0.469. The summed E-state index contributed by atoms with van der Waals surface area (Å²) in [6.45, 7) is 3.38. The Kier molecular flexibility index (Phi) is 5.43. The van der Waals surface area contributed by atoms with Crippen molar-refractivity contribution < 1.29 is 25.2 Å². The Morgan fingerprint density at radius 3 is 1.42 bits per heavy atom. The first kappa shape index (κ1) is 20.9. The lowest BCUT2D eigenvalue weighted by atomic mass is 10.1. The molecular weight excluding hydrogens is 436 g/mol. The summed E-state index contributed by atoms with van der Waals surface area (Å²) in [6, 6.07) is 23.8. The summed E-state index contributed by atoms with van der Waals surface area (Å²) in [4.78, 5) is 0. The summed E-state index contributed by atoms with van der Waals surface area (Å²) in [5.74, 6) is 0.0376. The van der Waals surface area contributed by atoms with Gasteiger partial charge in [-0.3, -0.25) is 0 Å². The Hall–Kier alpha value is -3.36. The van der Waals surface area contributed by atoms with E-state index in [1.807, 2.05) is 0 Å². The third-order valence-electron chi connectivity index (χ3n) is 4.67. The summed E-state index contributed by atoms with van der Waals surface area (Å²) < 4.78 is 60.0. The fourth-order valence-electron chi connectivity index (χ4n) is 3.26. The van der Waals surface area contributed by atoms with Crippen molar-refractivity contribution in [2.45, 2.75) is 4.58 Å². The molecule has 0 aliphatic carbocycles. The van der Waals surface area contributed by atoms with Crippen molar-refractivity contribution in [3.8, 4) is 11.5 Å². The van der Waals surface area contributed by atoms with Crippen LogP contribution in [0.1, 0.15) is 0 Å². The van der Waals surface area contributed by atoms with Crippen LogP contribution < -0.4 is 8.37 Å². The maximum Gasteiger partial charge on any atom is 0.334 e. The maximum absolute atomic E-state index is 12.9. The minimum Gasteiger partial charge on any atom is -0.381 e. The van der Waals surface area contributed by atoms with Crippen LogP contribution in [0.3, 0.4) is 0 Å². The highest BCUT2D eigenvalue weighted by Gasteiger charge is 2.39. The molecule has 0 saturated carbocycles. The van der Waals surface area contributed by atoms with Crippen LogP contribution in [0.15, 0.2) is 97.6 Å². The zero-order valence-electron chi connectivity index (χ0n) is 16.2. The number of hydrogen-bond acceptors (Lipinski definition) is 6. The largest absolute Gasteiger partial charge is 0.381 e. The molecule has 0 aliphatic heterocycles. The van der Waals surface area contributed by atoms with Gasteiger partial charge in [-0.2, -0.15) is 16.8 Å². The molecule has 4 rings (SSSR count). The molecule has 0 saturated heterocycles. The van der Waals surface area contributed by atoms with Gasteiger partial charge in [0.1, 0.15) is 11.5 Å². The van der Waals surface area contributed by atoms with Crippen LogP contribution in [0.4, 0.5) is 0 Å². The monoisotopic (exact) mass is 454 g/mol. The Morgan fingerprint density at radius 2 is 1.00 bits per heavy atom. The second-order valence-electron chi connectivity index (χ2n) is 6.71. The summed E-state index contributed by atoms with van der Waals surface area (Å²) in [7, 11) is -9.36. The van der Waals surface area contributed by atoms with Gasteiger partial charge in [-0.05, 0) is 22.9 Å². The molecule has 0 spiro atoms. The van der Waals surface area contributed by atoms with E-state index in [0.29, 0.717) is 10.8 Å². The number of fused-ring (bicyclic) bond motifs is 2. The van der Waals surface area contributed by atoms with E-state index < -0.39 is 24.8 Å². The molecule has 158 valence electrons. The van der Waals surface area contributed by atoms with Crippen LogP contribution in [0.2, 0.25) is 0 Å². The fraction of sp³-hybridized carbons (Fsp3) is 0.0435. The molecule has 0 amide bonds. The first-order valence-electron chi connectivity index (χ1n) is 9.26. The van der Waals surface area contributed by atoms with Gasteiger partial charge in [-0.1, -0.05) is 78.9 Å². The van der Waals surface area contributed by atoms with Gasteiger partial charge in [0.25, 0.3) is 4.58 Å². The van der Waals surface area contributed by atoms with E-state index in [4.69, 9.17) is 8.37 Å². The first-order chi connectivity index (χ1) is 14.8. The van der Waals surface area contributed by atoms with Crippen molar-refractivity contribution in [3.63, 3.8) is 0 Å². The van der Waals surface area contributed by atoms with E-state index in [0.717, 1.165) is 16.8 Å². The zero-order valence-corrected chi connectivity index (χ0v) is 17.8. The molecule has 0 N–H and O–H groups in total. The van der Waals surface area contributed by atoms with Crippen LogP contribution in [0.25, 0.3) is 21.5 Å². The molecule has 4 aromatic rings. The van der Waals surface area contributed by atoms with E-state index in [2.05, 4.69) is 6.58 Å². The molecule has 0 atom stereocenters. The lowest BCUT2D eigenvalue weighted by Crippen LogP contribution is -2.34. The van der Waals surface area contributed by atoms with Crippen LogP contribution in [-0.4, -0.2) is 21.4 Å². The molecule has 0 aromatic heterocycles. The molecule has 0 aliphatic rings. The van der Waals surface area contributed by atoms with Crippen molar-refractivity contribution in [3.05, 3.63) is 97.6 Å². The highest BCUT2D eigenvalue weighted by Crippen LogP contribution is 2.31. The SMILES string of the molecule is C=CC(S(=O)(=O)Oc1cccc2ccccc12)S(=O)(=O)Oc1cccc2ccccc12. The second kappa shape index (κ2) is 8.05. The Labute approximate surface area is 180 Å². The average Bonchev–Trinajstić information content (AvgIpc) is 2.74. The highest BCUT2D eigenvalue weighted by atomic mass is 32.3. The van der Waals surface area contributed by atoms with Crippen molar-refractivity contribution in [2.24, 2.45) is 0 Å². The standard InChI is InChI=1S/C23H18O6S2/c1-2-23(30(24,25)28-21-15-7-11-17-9-3-5-13-19(17)21)31(26,27)29-22-16-8-12-18-10-4-6-14-20(18)22/h2-16,23H,1H2. The molecule has 0 heterocycles. The first-order valence-corrected chi connectivity index (χ1v) is 12.2. The van der Waals surface area contributed by atoms with E-state index >= 15 is 0 Å². The van der Waals surface area contributed by atoms with Gasteiger partial charge in [0.05, 0.1) is 0 Å². The number of rotatable bonds is 7. The minimum atomic E-state index is -4.68. The molecule has 0 radical (unpaired) electrons. The van der Waals surface area contributed by atoms with Gasteiger partial charge in [0.2, 0.25) is 0 Å². The van der Waals surface area contributed by atoms with Gasteiger partial charge in [0, 0.05) is 10.8 Å². The normalized spacial score (nSPS) is 12.2. The molecular formula is C23H18O6S2. The Balaban J connectivity index is 1.70. The lowest BCUT2D eigenvalue weighted by Gasteiger charge is -2.17. The minimum absolute atomic E-state index is 0.0188. The average molecular weight is 455 g/mol. The summed E-state index contributed by atoms with van der Waals surface area (Å²) in [5.41, 5.74) is 0. The topological polar surface area (TPSA) is 86.7 Å². The molecule has 8 heteroatoms. The summed E-state index contributed by atoms with van der Waals surface area (Å²) >= 11 is 0. The molecule has 0 fully saturated rings. The molecule has 0 unspecified atom stereocenters.